The molecule has 0 radical (unpaired) electrons. The maximum absolute atomic E-state index is 13.1. The maximum Gasteiger partial charge on any atom is 0.274 e. The van der Waals surface area contributed by atoms with Crippen LogP contribution in [0.25, 0.3) is 0 Å². The van der Waals surface area contributed by atoms with E-state index in [0.29, 0.717) is 11.7 Å². The number of nitrogens with one attached hydrogen (secondary N) is 1. The maximum atomic E-state index is 13.1. The first-order valence-corrected chi connectivity index (χ1v) is 11.1. The number of hydrogen-bond acceptors (Lipinski definition) is 5. The van der Waals surface area contributed by atoms with Gasteiger partial charge in [0.25, 0.3) is 5.91 Å². The summed E-state index contributed by atoms with van der Waals surface area (Å²) in [5.74, 6) is 3.12. The third kappa shape index (κ3) is 4.09. The third-order valence-electron chi connectivity index (χ3n) is 5.43. The monoisotopic (exact) mass is 388 g/mol. The molecule has 1 unspecified atom stereocenters. The van der Waals surface area contributed by atoms with Crippen molar-refractivity contribution in [3.8, 4) is 0 Å². The Morgan fingerprint density at radius 2 is 2.26 bits per heavy atom. The quantitative estimate of drug-likeness (QED) is 0.824. The van der Waals surface area contributed by atoms with Crippen LogP contribution in [-0.4, -0.2) is 51.2 Å². The van der Waals surface area contributed by atoms with Crippen LogP contribution in [0.3, 0.4) is 0 Å². The molecule has 1 aliphatic carbocycles. The molecular formula is C20H28N4O2S. The highest BCUT2D eigenvalue weighted by molar-refractivity contribution is 7.99. The van der Waals surface area contributed by atoms with E-state index >= 15 is 0 Å². The van der Waals surface area contributed by atoms with E-state index in [9.17, 15) is 4.79 Å². The summed E-state index contributed by atoms with van der Waals surface area (Å²) in [5.41, 5.74) is 3.12. The topological polar surface area (TPSA) is 63.3 Å². The first-order chi connectivity index (χ1) is 13.3. The predicted octanol–water partition coefficient (Wildman–Crippen LogP) is 2.72. The molecule has 1 saturated heterocycles. The molecule has 2 aliphatic rings. The van der Waals surface area contributed by atoms with Crippen molar-refractivity contribution >= 4 is 17.7 Å². The van der Waals surface area contributed by atoms with Crippen molar-refractivity contribution in [2.45, 2.75) is 51.7 Å². The minimum atomic E-state index is 0.119. The van der Waals surface area contributed by atoms with Crippen molar-refractivity contribution in [2.24, 2.45) is 0 Å². The van der Waals surface area contributed by atoms with Gasteiger partial charge in [-0.2, -0.15) is 16.9 Å². The zero-order valence-electron chi connectivity index (χ0n) is 15.9. The van der Waals surface area contributed by atoms with Crippen molar-refractivity contribution in [3.05, 3.63) is 41.1 Å². The lowest BCUT2D eigenvalue weighted by Crippen LogP contribution is -2.39. The molecule has 7 heteroatoms. The van der Waals surface area contributed by atoms with Crippen molar-refractivity contribution in [1.29, 1.82) is 0 Å². The number of hydrogen-bond donors (Lipinski definition) is 1. The molecule has 0 bridgehead atoms. The summed E-state index contributed by atoms with van der Waals surface area (Å²) in [6.45, 7) is 5.44. The second-order valence-corrected chi connectivity index (χ2v) is 8.53. The fraction of sp³-hybridized carbons (Fsp3) is 0.600. The van der Waals surface area contributed by atoms with Crippen LogP contribution < -0.4 is 5.32 Å². The first-order valence-electron chi connectivity index (χ1n) is 9.97. The Labute approximate surface area is 164 Å². The highest BCUT2D eigenvalue weighted by Crippen LogP contribution is 2.27. The lowest BCUT2D eigenvalue weighted by molar-refractivity contribution is 0.0764. The third-order valence-corrected chi connectivity index (χ3v) is 6.37. The molecule has 1 aliphatic heterocycles. The van der Waals surface area contributed by atoms with E-state index in [4.69, 9.17) is 9.52 Å². The standard InChI is InChI=1S/C20H28N4O2S/c1-2-7-24-18-6-5-15(21-14-16-4-3-10-26-16)13-17(18)19(22-24)20(25)23-8-11-27-12-9-23/h3-4,10,15,21H,2,5-9,11-14H2,1H3. The second-order valence-electron chi connectivity index (χ2n) is 7.30. The fourth-order valence-electron chi connectivity index (χ4n) is 4.00. The number of carbonyl (C=O) groups excluding carboxylic acids is 1. The van der Waals surface area contributed by atoms with Crippen LogP contribution in [0.15, 0.2) is 22.8 Å². The average Bonchev–Trinajstić information content (AvgIpc) is 3.35. The number of fused-ring (bicyclic) bond motifs is 1. The number of rotatable bonds is 6. The van der Waals surface area contributed by atoms with Gasteiger partial charge in [-0.1, -0.05) is 6.92 Å². The number of furan rings is 1. The Morgan fingerprint density at radius 3 is 3.00 bits per heavy atom. The van der Waals surface area contributed by atoms with E-state index in [-0.39, 0.29) is 5.91 Å². The summed E-state index contributed by atoms with van der Waals surface area (Å²) in [4.78, 5) is 15.1. The van der Waals surface area contributed by atoms with Crippen LogP contribution in [0.2, 0.25) is 0 Å². The molecule has 0 saturated carbocycles. The largest absolute Gasteiger partial charge is 0.468 e. The fourth-order valence-corrected chi connectivity index (χ4v) is 4.91. The van der Waals surface area contributed by atoms with E-state index in [1.165, 1.54) is 5.69 Å². The lowest BCUT2D eigenvalue weighted by Gasteiger charge is -2.27. The molecular weight excluding hydrogens is 360 g/mol. The van der Waals surface area contributed by atoms with Gasteiger partial charge in [0, 0.05) is 48.4 Å². The zero-order chi connectivity index (χ0) is 18.6. The lowest BCUT2D eigenvalue weighted by atomic mass is 9.91. The Morgan fingerprint density at radius 1 is 1.41 bits per heavy atom. The van der Waals surface area contributed by atoms with Gasteiger partial charge in [-0.15, -0.1) is 0 Å². The minimum absolute atomic E-state index is 0.119. The molecule has 2 aromatic rings. The van der Waals surface area contributed by atoms with E-state index in [1.54, 1.807) is 6.26 Å². The van der Waals surface area contributed by atoms with E-state index < -0.39 is 0 Å². The number of aryl methyl sites for hydroxylation is 1. The van der Waals surface area contributed by atoms with Gasteiger partial charge in [-0.05, 0) is 37.8 Å². The van der Waals surface area contributed by atoms with E-state index in [0.717, 1.165) is 74.7 Å². The van der Waals surface area contributed by atoms with Crippen LogP contribution in [0, 0.1) is 0 Å². The van der Waals surface area contributed by atoms with Gasteiger partial charge >= 0.3 is 0 Å². The van der Waals surface area contributed by atoms with Gasteiger partial charge in [-0.3, -0.25) is 9.48 Å². The van der Waals surface area contributed by atoms with Gasteiger partial charge in [0.05, 0.1) is 12.8 Å². The highest BCUT2D eigenvalue weighted by atomic mass is 32.2. The number of carbonyl (C=O) groups is 1. The number of nitrogens with zero attached hydrogens (tertiary/aromatic N) is 3. The average molecular weight is 389 g/mol. The van der Waals surface area contributed by atoms with Gasteiger partial charge < -0.3 is 14.6 Å². The summed E-state index contributed by atoms with van der Waals surface area (Å²) in [5, 5.41) is 8.37. The van der Waals surface area contributed by atoms with Crippen LogP contribution in [0.4, 0.5) is 0 Å². The SMILES string of the molecule is CCCn1nc(C(=O)N2CCSCC2)c2c1CCC(NCc1ccco1)C2. The summed E-state index contributed by atoms with van der Waals surface area (Å²) in [7, 11) is 0. The molecule has 0 spiro atoms. The van der Waals surface area contributed by atoms with Gasteiger partial charge in [0.2, 0.25) is 0 Å². The Kier molecular flexibility index (Phi) is 5.88. The summed E-state index contributed by atoms with van der Waals surface area (Å²) >= 11 is 1.92. The summed E-state index contributed by atoms with van der Waals surface area (Å²) in [6.07, 6.45) is 5.64. The molecule has 1 amide bonds. The predicted molar refractivity (Wildman–Crippen MR) is 107 cm³/mol. The Bertz CT molecular complexity index is 765. The van der Waals surface area contributed by atoms with Crippen LogP contribution >= 0.6 is 11.8 Å². The number of thioether (sulfide) groups is 1. The number of amides is 1. The van der Waals surface area contributed by atoms with Gasteiger partial charge in [0.15, 0.2) is 5.69 Å². The molecule has 146 valence electrons. The highest BCUT2D eigenvalue weighted by Gasteiger charge is 2.31. The summed E-state index contributed by atoms with van der Waals surface area (Å²) < 4.78 is 7.52. The molecule has 27 heavy (non-hydrogen) atoms. The van der Waals surface area contributed by atoms with Crippen LogP contribution in [0.5, 0.6) is 0 Å². The molecule has 3 heterocycles. The molecule has 1 fully saturated rings. The first kappa shape index (κ1) is 18.6. The molecule has 1 atom stereocenters. The zero-order valence-corrected chi connectivity index (χ0v) is 16.8. The minimum Gasteiger partial charge on any atom is -0.468 e. The Balaban J connectivity index is 1.53. The van der Waals surface area contributed by atoms with E-state index in [2.05, 4.69) is 16.9 Å². The second kappa shape index (κ2) is 8.52. The van der Waals surface area contributed by atoms with Crippen LogP contribution in [0.1, 0.15) is 47.3 Å². The Hall–Kier alpha value is -1.73. The van der Waals surface area contributed by atoms with Gasteiger partial charge in [-0.25, -0.2) is 0 Å². The smallest absolute Gasteiger partial charge is 0.274 e. The molecule has 6 nitrogen and oxygen atoms in total. The van der Waals surface area contributed by atoms with Crippen molar-refractivity contribution in [2.75, 3.05) is 24.6 Å². The molecule has 1 N–H and O–H groups in total. The van der Waals surface area contributed by atoms with E-state index in [1.807, 2.05) is 28.8 Å². The number of aromatic nitrogens is 2. The van der Waals surface area contributed by atoms with Crippen molar-refractivity contribution in [3.63, 3.8) is 0 Å². The molecule has 4 rings (SSSR count). The van der Waals surface area contributed by atoms with Crippen molar-refractivity contribution in [1.82, 2.24) is 20.0 Å². The van der Waals surface area contributed by atoms with Crippen molar-refractivity contribution < 1.29 is 9.21 Å². The summed E-state index contributed by atoms with van der Waals surface area (Å²) in [6, 6.07) is 4.26. The van der Waals surface area contributed by atoms with Gasteiger partial charge in [0.1, 0.15) is 5.76 Å². The molecule has 2 aromatic heterocycles. The van der Waals surface area contributed by atoms with Crippen LogP contribution in [-0.2, 0) is 25.9 Å². The normalized spacial score (nSPS) is 19.9. The molecule has 0 aromatic carbocycles.